The van der Waals surface area contributed by atoms with Crippen LogP contribution >= 0.6 is 0 Å². The number of aromatic nitrogens is 8. The van der Waals surface area contributed by atoms with Gasteiger partial charge in [-0.25, -0.2) is 147 Å². The summed E-state index contributed by atoms with van der Waals surface area (Å²) in [7, 11) is -36.1. The van der Waals surface area contributed by atoms with Crippen LogP contribution in [0.5, 0.6) is 0 Å². The molecule has 0 fully saturated rings. The minimum absolute atomic E-state index is 0. The number of amidine groups is 4. The number of hydrogen-bond acceptors (Lipinski definition) is 43. The summed E-state index contributed by atoms with van der Waals surface area (Å²) in [4.78, 5) is 33.3. The van der Waals surface area contributed by atoms with E-state index in [1.807, 2.05) is 0 Å². The fourth-order valence-corrected chi connectivity index (χ4v) is 25.3. The van der Waals surface area contributed by atoms with Gasteiger partial charge in [-0.1, -0.05) is 28.2 Å². The van der Waals surface area contributed by atoms with Gasteiger partial charge in [0.2, 0.25) is 98.0 Å². The van der Waals surface area contributed by atoms with Crippen molar-refractivity contribution in [2.45, 2.75) is 148 Å². The molecule has 135 heavy (non-hydrogen) atoms. The van der Waals surface area contributed by atoms with E-state index in [0.29, 0.717) is 76.0 Å². The topological polar surface area (TPSA) is 822 Å². The van der Waals surface area contributed by atoms with Gasteiger partial charge in [-0.3, -0.25) is 0 Å². The number of anilines is 6. The van der Waals surface area contributed by atoms with E-state index in [0.717, 1.165) is 24.3 Å². The van der Waals surface area contributed by atoms with Gasteiger partial charge >= 0.3 is 0 Å². The van der Waals surface area contributed by atoms with Crippen molar-refractivity contribution in [3.8, 4) is 5.69 Å². The van der Waals surface area contributed by atoms with Crippen LogP contribution in [0, 0.1) is 0 Å². The highest BCUT2D eigenvalue weighted by Crippen LogP contribution is 2.45. The van der Waals surface area contributed by atoms with E-state index in [2.05, 4.69) is 99.7 Å². The lowest BCUT2D eigenvalue weighted by molar-refractivity contribution is 0.174. The molecule has 1 unspecified atom stereocenters. The number of nitrogens with one attached hydrogen (secondary N) is 4. The molecule has 11 heterocycles. The standard InChI is InChI=1S/3C19H26N8O6S2.C14H18N8O5S2.CH4/c3*1-2-13(29)9-24-35(32,33)15-4-3-14(16(17(15)34(20,30)31)18-22-11-23-25-18)27-7-5-12(10-28)26-8-6-21-19(26)27;15-5-9(23)6-20-29(26,27)11-2-1-10(22-4-3-17-8-22)12(13(11)28(16,24)25)14-18-7-19-21-14;/h3*3-4,6,8,12-13,24,28-29H,2,5,7,9-11H2,1H3,(H2,20,30,31);1-4,8-9,20,23H,5-7,15H2,(H2,16,24,25);1H4/t12?,13-;12-,13+;12-,13-;9-;/m1011./s1. The van der Waals surface area contributed by atoms with Gasteiger partial charge in [0.05, 0.1) is 114 Å². The Morgan fingerprint density at radius 3 is 0.859 bits per heavy atom. The number of imidazole rings is 4. The lowest BCUT2D eigenvalue weighted by Crippen LogP contribution is -2.37. The Morgan fingerprint density at radius 2 is 0.637 bits per heavy atom. The van der Waals surface area contributed by atoms with Gasteiger partial charge in [0, 0.05) is 102 Å². The maximum absolute atomic E-state index is 13.1. The third kappa shape index (κ3) is 23.2. The fourth-order valence-electron chi connectivity index (χ4n) is 14.6. The van der Waals surface area contributed by atoms with Crippen molar-refractivity contribution in [1.82, 2.24) is 57.1 Å². The van der Waals surface area contributed by atoms with E-state index in [9.17, 15) is 103 Å². The zero-order chi connectivity index (χ0) is 97.4. The van der Waals surface area contributed by atoms with Crippen molar-refractivity contribution in [3.63, 3.8) is 0 Å². The molecule has 0 bridgehead atoms. The number of sulfonamides is 8. The van der Waals surface area contributed by atoms with E-state index < -0.39 is 150 Å². The molecule has 734 valence electrons. The summed E-state index contributed by atoms with van der Waals surface area (Å²) in [6.45, 7) is 3.97. The molecular weight excluding hydrogens is 1940 g/mol. The molecule has 7 aliphatic heterocycles. The lowest BCUT2D eigenvalue weighted by Gasteiger charge is -2.35. The Hall–Kier alpha value is -10.8. The van der Waals surface area contributed by atoms with Crippen molar-refractivity contribution >= 4 is 138 Å². The maximum Gasteiger partial charge on any atom is 0.242 e. The minimum Gasteiger partial charge on any atom is -0.394 e. The molecule has 0 amide bonds. The van der Waals surface area contributed by atoms with Crippen LogP contribution in [0.25, 0.3) is 5.69 Å². The van der Waals surface area contributed by atoms with E-state index in [1.165, 1.54) is 47.6 Å². The maximum atomic E-state index is 13.1. The van der Waals surface area contributed by atoms with Crippen LogP contribution in [0.4, 0.5) is 34.9 Å². The van der Waals surface area contributed by atoms with Crippen molar-refractivity contribution < 1.29 is 103 Å². The van der Waals surface area contributed by atoms with E-state index in [1.54, 1.807) is 86.4 Å². The molecule has 0 saturated heterocycles. The van der Waals surface area contributed by atoms with Crippen molar-refractivity contribution in [3.05, 3.63) is 127 Å². The first-order chi connectivity index (χ1) is 63.4. The normalized spacial score (nSPS) is 18.1. The summed E-state index contributed by atoms with van der Waals surface area (Å²) in [5.41, 5.74) is 5.83. The second-order valence-corrected chi connectivity index (χ2v) is 42.9. The number of nitrogens with zero attached hydrogens (tertiary/aromatic N) is 23. The SMILES string of the molecule is C.CC[C@@H](O)CNS(=O)(=O)c1ccc(N2CCC(CO)n3ccnc32)c(C2=NCN=N2)c1S(N)(=O)=O.CC[C@@H](O)CNS(=O)(=O)c1ccc(N2CC[C@@H](CO)n3ccnc32)c(C2=NCN=N2)c1S(N)(=O)=O.CC[C@@H](O)CNS(=O)(=O)c1ccc(N2CC[C@H](CO)n3ccnc32)c(C2=NCN=N2)c1S(N)(=O)=O.NC[C@@H](O)CNS(=O)(=O)c1ccc(-n2ccnc2)c(C2=NCN=N2)c1S(N)(=O)=O. The Morgan fingerprint density at radius 1 is 0.378 bits per heavy atom. The first kappa shape index (κ1) is 105. The van der Waals surface area contributed by atoms with E-state index in [4.69, 9.17) is 26.3 Å². The van der Waals surface area contributed by atoms with Crippen LogP contribution in [0.3, 0.4) is 0 Å². The predicted molar refractivity (Wildman–Crippen MR) is 485 cm³/mol. The third-order valence-electron chi connectivity index (χ3n) is 21.3. The van der Waals surface area contributed by atoms with Gasteiger partial charge in [0.1, 0.15) is 39.2 Å². The number of primary sulfonamides is 4. The van der Waals surface area contributed by atoms with Crippen LogP contribution in [-0.2, 0) is 80.2 Å². The van der Waals surface area contributed by atoms with Crippen LogP contribution < -0.4 is 59.9 Å². The summed E-state index contributed by atoms with van der Waals surface area (Å²) >= 11 is 0. The molecule has 0 radical (unpaired) electrons. The van der Waals surface area contributed by atoms with E-state index in [-0.39, 0.29) is 167 Å². The average molecular weight is 2040 g/mol. The second kappa shape index (κ2) is 43.2. The number of aliphatic imine (C=N–C) groups is 4. The number of aliphatic hydroxyl groups is 7. The van der Waals surface area contributed by atoms with Crippen LogP contribution in [-0.4, -0.2) is 288 Å². The highest BCUT2D eigenvalue weighted by molar-refractivity contribution is 7.94. The monoisotopic (exact) mass is 2040 g/mol. The van der Waals surface area contributed by atoms with Gasteiger partial charge in [0.25, 0.3) is 0 Å². The number of benzene rings is 4. The molecule has 0 saturated carbocycles. The molecule has 15 rings (SSSR count). The third-order valence-corrected chi connectivity index (χ3v) is 31.7. The van der Waals surface area contributed by atoms with Gasteiger partial charge in [-0.15, -0.1) is 20.5 Å². The van der Waals surface area contributed by atoms with Crippen LogP contribution in [0.15, 0.2) is 204 Å². The summed E-state index contributed by atoms with van der Waals surface area (Å²) in [5.74, 6) is 0.926. The highest BCUT2D eigenvalue weighted by atomic mass is 32.2. The fraction of sp³-hybridized carbons (Fsp3) is 0.444. The smallest absolute Gasteiger partial charge is 0.242 e. The van der Waals surface area contributed by atoms with Crippen molar-refractivity contribution in [2.24, 2.45) is 87.2 Å². The van der Waals surface area contributed by atoms with Gasteiger partial charge < -0.3 is 74.4 Å². The van der Waals surface area contributed by atoms with Gasteiger partial charge in [-0.05, 0) is 87.1 Å². The molecular formula is C72H100N32O23S8. The number of nitrogens with two attached hydrogens (primary N) is 5. The molecule has 7 atom stereocenters. The Bertz CT molecular complexity index is 6470. The lowest BCUT2D eigenvalue weighted by atomic mass is 10.1. The van der Waals surface area contributed by atoms with Gasteiger partial charge in [0.15, 0.2) is 50.0 Å². The first-order valence-electron chi connectivity index (χ1n) is 40.5. The summed E-state index contributed by atoms with van der Waals surface area (Å²) in [6.07, 6.45) is 12.5. The van der Waals surface area contributed by atoms with Crippen LogP contribution in [0.1, 0.15) is 107 Å². The zero-order valence-electron chi connectivity index (χ0n) is 71.3. The molecule has 0 aliphatic carbocycles. The number of rotatable bonds is 35. The largest absolute Gasteiger partial charge is 0.394 e. The highest BCUT2D eigenvalue weighted by Gasteiger charge is 2.42. The summed E-state index contributed by atoms with van der Waals surface area (Å²) < 4.78 is 222. The minimum atomic E-state index is -4.63. The molecule has 21 N–H and O–H groups in total. The number of aliphatic hydroxyl groups excluding tert-OH is 7. The molecule has 4 aromatic heterocycles. The molecule has 55 nitrogen and oxygen atoms in total. The Kier molecular flexibility index (Phi) is 33.5. The van der Waals surface area contributed by atoms with Gasteiger partial charge in [-0.2, -0.15) is 20.5 Å². The summed E-state index contributed by atoms with van der Waals surface area (Å²) in [5, 5.41) is 121. The molecule has 8 aromatic rings. The average Bonchev–Trinajstić information content (AvgIpc) is 1.72. The molecule has 7 aliphatic rings. The van der Waals surface area contributed by atoms with Crippen molar-refractivity contribution in [2.75, 3.05) is 114 Å². The Balaban J connectivity index is 0.000000173. The second-order valence-electron chi connectivity index (χ2n) is 30.0. The molecule has 63 heteroatoms. The molecule has 0 spiro atoms. The first-order valence-corrected chi connectivity index (χ1v) is 52.6. The van der Waals surface area contributed by atoms with Crippen molar-refractivity contribution in [1.29, 1.82) is 0 Å². The number of fused-ring (bicyclic) bond motifs is 3. The van der Waals surface area contributed by atoms with E-state index >= 15 is 0 Å². The Labute approximate surface area is 775 Å². The summed E-state index contributed by atoms with van der Waals surface area (Å²) in [6, 6.07) is 9.51. The quantitative estimate of drug-likeness (QED) is 0.0213. The molecule has 4 aromatic carbocycles. The van der Waals surface area contributed by atoms with Crippen LogP contribution in [0.2, 0.25) is 0 Å². The zero-order valence-corrected chi connectivity index (χ0v) is 77.8. The predicted octanol–water partition coefficient (Wildman–Crippen LogP) is -1.60. The number of hydrogen-bond donors (Lipinski definition) is 16. The number of azo groups is 4.